The molecule has 0 spiro atoms. The standard InChI is InChI=1S/C8H11ClN2OS/c1-2-8(12)4-11(5-8)7-10-6(9)3-13-7/h3,12H,2,4-5H2,1H3. The van der Waals surface area contributed by atoms with Gasteiger partial charge in [0.05, 0.1) is 18.7 Å². The van der Waals surface area contributed by atoms with E-state index in [-0.39, 0.29) is 0 Å². The highest BCUT2D eigenvalue weighted by Crippen LogP contribution is 2.32. The Morgan fingerprint density at radius 1 is 1.77 bits per heavy atom. The molecule has 0 unspecified atom stereocenters. The Balaban J connectivity index is 2.01. The van der Waals surface area contributed by atoms with Crippen molar-refractivity contribution in [2.75, 3.05) is 18.0 Å². The summed E-state index contributed by atoms with van der Waals surface area (Å²) < 4.78 is 0. The van der Waals surface area contributed by atoms with E-state index in [9.17, 15) is 5.11 Å². The second kappa shape index (κ2) is 3.12. The van der Waals surface area contributed by atoms with E-state index < -0.39 is 5.60 Å². The highest BCUT2D eigenvalue weighted by Gasteiger charge is 2.40. The van der Waals surface area contributed by atoms with Gasteiger partial charge in [-0.25, -0.2) is 4.98 Å². The average molecular weight is 219 g/mol. The number of thiazole rings is 1. The van der Waals surface area contributed by atoms with Gasteiger partial charge in [-0.3, -0.25) is 0 Å². The van der Waals surface area contributed by atoms with Crippen LogP contribution in [0.25, 0.3) is 0 Å². The van der Waals surface area contributed by atoms with Gasteiger partial charge >= 0.3 is 0 Å². The molecule has 2 rings (SSSR count). The fourth-order valence-corrected chi connectivity index (χ4v) is 2.36. The van der Waals surface area contributed by atoms with Crippen molar-refractivity contribution in [3.63, 3.8) is 0 Å². The molecule has 0 bridgehead atoms. The molecular formula is C8H11ClN2OS. The van der Waals surface area contributed by atoms with Crippen molar-refractivity contribution in [2.45, 2.75) is 18.9 Å². The zero-order valence-corrected chi connectivity index (χ0v) is 8.90. The first-order valence-corrected chi connectivity index (χ1v) is 5.47. The van der Waals surface area contributed by atoms with E-state index in [4.69, 9.17) is 11.6 Å². The Morgan fingerprint density at radius 2 is 2.46 bits per heavy atom. The quantitative estimate of drug-likeness (QED) is 0.822. The van der Waals surface area contributed by atoms with Gasteiger partial charge in [-0.05, 0) is 6.42 Å². The Morgan fingerprint density at radius 3 is 2.92 bits per heavy atom. The van der Waals surface area contributed by atoms with E-state index in [1.165, 1.54) is 11.3 Å². The number of halogens is 1. The maximum atomic E-state index is 9.76. The number of aromatic nitrogens is 1. The van der Waals surface area contributed by atoms with Crippen molar-refractivity contribution in [1.29, 1.82) is 0 Å². The lowest BCUT2D eigenvalue weighted by Gasteiger charge is -2.45. The largest absolute Gasteiger partial charge is 0.386 e. The lowest BCUT2D eigenvalue weighted by Crippen LogP contribution is -2.61. The monoisotopic (exact) mass is 218 g/mol. The molecule has 0 aliphatic carbocycles. The number of nitrogens with zero attached hydrogens (tertiary/aromatic N) is 2. The van der Waals surface area contributed by atoms with Crippen molar-refractivity contribution in [3.8, 4) is 0 Å². The SMILES string of the molecule is CCC1(O)CN(c2nc(Cl)cs2)C1. The second-order valence-corrected chi connectivity index (χ2v) is 4.61. The van der Waals surface area contributed by atoms with Gasteiger partial charge in [0.2, 0.25) is 0 Å². The summed E-state index contributed by atoms with van der Waals surface area (Å²) in [6, 6.07) is 0. The number of hydrogen-bond donors (Lipinski definition) is 1. The van der Waals surface area contributed by atoms with Crippen molar-refractivity contribution < 1.29 is 5.11 Å². The number of hydrogen-bond acceptors (Lipinski definition) is 4. The van der Waals surface area contributed by atoms with Gasteiger partial charge < -0.3 is 10.0 Å². The molecule has 5 heteroatoms. The fourth-order valence-electron chi connectivity index (χ4n) is 1.41. The van der Waals surface area contributed by atoms with Gasteiger partial charge in [-0.15, -0.1) is 11.3 Å². The summed E-state index contributed by atoms with van der Waals surface area (Å²) >= 11 is 7.22. The van der Waals surface area contributed by atoms with Gasteiger partial charge in [0.25, 0.3) is 0 Å². The van der Waals surface area contributed by atoms with Gasteiger partial charge in [0.15, 0.2) is 5.13 Å². The Bertz CT molecular complexity index is 309. The molecule has 0 atom stereocenters. The third-order valence-electron chi connectivity index (χ3n) is 2.36. The first-order chi connectivity index (χ1) is 6.13. The molecule has 0 saturated carbocycles. The molecule has 1 aromatic rings. The lowest BCUT2D eigenvalue weighted by atomic mass is 9.92. The zero-order valence-electron chi connectivity index (χ0n) is 7.33. The first-order valence-electron chi connectivity index (χ1n) is 4.21. The van der Waals surface area contributed by atoms with Crippen LogP contribution in [0, 0.1) is 0 Å². The summed E-state index contributed by atoms with van der Waals surface area (Å²) in [4.78, 5) is 6.17. The summed E-state index contributed by atoms with van der Waals surface area (Å²) in [5.74, 6) is 0. The molecule has 1 aromatic heterocycles. The Kier molecular flexibility index (Phi) is 2.21. The minimum absolute atomic E-state index is 0.502. The normalized spacial score (nSPS) is 20.1. The van der Waals surface area contributed by atoms with Crippen LogP contribution in [0.1, 0.15) is 13.3 Å². The number of rotatable bonds is 2. The molecular weight excluding hydrogens is 208 g/mol. The highest BCUT2D eigenvalue weighted by molar-refractivity contribution is 7.14. The number of anilines is 1. The van der Waals surface area contributed by atoms with Crippen molar-refractivity contribution >= 4 is 28.1 Å². The van der Waals surface area contributed by atoms with Crippen LogP contribution in [0.3, 0.4) is 0 Å². The van der Waals surface area contributed by atoms with Crippen LogP contribution in [0.2, 0.25) is 5.15 Å². The lowest BCUT2D eigenvalue weighted by molar-refractivity contribution is 0.00851. The summed E-state index contributed by atoms with van der Waals surface area (Å²) in [7, 11) is 0. The van der Waals surface area contributed by atoms with Crippen LogP contribution in [0.5, 0.6) is 0 Å². The topological polar surface area (TPSA) is 36.4 Å². The molecule has 0 aromatic carbocycles. The van der Waals surface area contributed by atoms with Gasteiger partial charge in [0, 0.05) is 5.38 Å². The molecule has 2 heterocycles. The van der Waals surface area contributed by atoms with Gasteiger partial charge in [0.1, 0.15) is 5.15 Å². The molecule has 13 heavy (non-hydrogen) atoms. The highest BCUT2D eigenvalue weighted by atomic mass is 35.5. The second-order valence-electron chi connectivity index (χ2n) is 3.39. The summed E-state index contributed by atoms with van der Waals surface area (Å²) in [5, 5.41) is 13.0. The zero-order chi connectivity index (χ0) is 9.47. The Labute approximate surface area is 86.0 Å². The Hall–Kier alpha value is -0.320. The van der Waals surface area contributed by atoms with Crippen molar-refractivity contribution in [2.24, 2.45) is 0 Å². The molecule has 1 saturated heterocycles. The van der Waals surface area contributed by atoms with Crippen LogP contribution in [0.4, 0.5) is 5.13 Å². The first kappa shape index (κ1) is 9.24. The van der Waals surface area contributed by atoms with Crippen molar-refractivity contribution in [1.82, 2.24) is 4.98 Å². The van der Waals surface area contributed by atoms with Crippen LogP contribution in [-0.2, 0) is 0 Å². The van der Waals surface area contributed by atoms with Crippen LogP contribution in [-0.4, -0.2) is 28.8 Å². The minimum Gasteiger partial charge on any atom is -0.386 e. The van der Waals surface area contributed by atoms with E-state index in [2.05, 4.69) is 4.98 Å². The smallest absolute Gasteiger partial charge is 0.186 e. The molecule has 1 N–H and O–H groups in total. The minimum atomic E-state index is -0.502. The summed E-state index contributed by atoms with van der Waals surface area (Å²) in [6.45, 7) is 3.34. The predicted molar refractivity (Wildman–Crippen MR) is 54.6 cm³/mol. The maximum absolute atomic E-state index is 9.76. The van der Waals surface area contributed by atoms with E-state index >= 15 is 0 Å². The molecule has 0 amide bonds. The van der Waals surface area contributed by atoms with E-state index in [0.29, 0.717) is 18.2 Å². The number of β-amino-alcohol motifs (C(OH)–C–C–N with tert-alkyl or cyclic N) is 1. The van der Waals surface area contributed by atoms with Crippen molar-refractivity contribution in [3.05, 3.63) is 10.5 Å². The summed E-state index contributed by atoms with van der Waals surface area (Å²) in [5.41, 5.74) is -0.502. The van der Waals surface area contributed by atoms with Crippen LogP contribution in [0.15, 0.2) is 5.38 Å². The summed E-state index contributed by atoms with van der Waals surface area (Å²) in [6.07, 6.45) is 0.794. The number of aliphatic hydroxyl groups is 1. The van der Waals surface area contributed by atoms with E-state index in [1.807, 2.05) is 11.8 Å². The van der Waals surface area contributed by atoms with Crippen LogP contribution < -0.4 is 4.90 Å². The van der Waals surface area contributed by atoms with E-state index in [0.717, 1.165) is 11.6 Å². The van der Waals surface area contributed by atoms with E-state index in [1.54, 1.807) is 5.38 Å². The van der Waals surface area contributed by atoms with Crippen LogP contribution >= 0.6 is 22.9 Å². The maximum Gasteiger partial charge on any atom is 0.186 e. The third kappa shape index (κ3) is 1.66. The van der Waals surface area contributed by atoms with Gasteiger partial charge in [-0.1, -0.05) is 18.5 Å². The third-order valence-corrected chi connectivity index (χ3v) is 3.59. The van der Waals surface area contributed by atoms with Gasteiger partial charge in [-0.2, -0.15) is 0 Å². The molecule has 1 aliphatic heterocycles. The molecule has 0 radical (unpaired) electrons. The molecule has 1 fully saturated rings. The fraction of sp³-hybridized carbons (Fsp3) is 0.625. The average Bonchev–Trinajstić information content (AvgIpc) is 2.46. The predicted octanol–water partition coefficient (Wildman–Crippen LogP) is 1.76. The molecule has 1 aliphatic rings. The molecule has 72 valence electrons. The molecule has 3 nitrogen and oxygen atoms in total.